The van der Waals surface area contributed by atoms with Gasteiger partial charge in [0, 0.05) is 19.7 Å². The Labute approximate surface area is 147 Å². The molecule has 2 aliphatic heterocycles. The molecule has 7 heteroatoms. The monoisotopic (exact) mass is 355 g/mol. The summed E-state index contributed by atoms with van der Waals surface area (Å²) in [6.45, 7) is 1.92. The molecule has 2 fully saturated rings. The summed E-state index contributed by atoms with van der Waals surface area (Å²) in [5.74, 6) is -0.953. The van der Waals surface area contributed by atoms with Gasteiger partial charge in [-0.3, -0.25) is 9.59 Å². The predicted octanol–water partition coefficient (Wildman–Crippen LogP) is 2.21. The Hall–Kier alpha value is -1.79. The van der Waals surface area contributed by atoms with Crippen LogP contribution in [0.15, 0.2) is 24.3 Å². The number of aliphatic carboxylic acids is 1. The minimum atomic E-state index is -0.844. The van der Waals surface area contributed by atoms with Crippen LogP contribution in [0.2, 0.25) is 0 Å². The van der Waals surface area contributed by atoms with E-state index in [9.17, 15) is 9.59 Å². The average Bonchev–Trinajstić information content (AvgIpc) is 3.24. The molecule has 2 atom stereocenters. The quantitative estimate of drug-likeness (QED) is 0.876. The standard InChI is InChI=1S/C17H21NO5.ClH/c19-16(18-8-7-12(10-18)17(20)21)14-5-1-2-6-15(14)23-11-13-4-3-9-22-13;/h1-2,5-6,12-13H,3-4,7-11H2,(H,20,21);1H. The summed E-state index contributed by atoms with van der Waals surface area (Å²) in [7, 11) is 0. The molecular formula is C17H22ClNO5. The first kappa shape index (κ1) is 18.5. The number of likely N-dealkylation sites (tertiary alicyclic amines) is 1. The third-order valence-corrected chi connectivity index (χ3v) is 4.39. The zero-order valence-electron chi connectivity index (χ0n) is 13.3. The fraction of sp³-hybridized carbons (Fsp3) is 0.529. The van der Waals surface area contributed by atoms with Gasteiger partial charge in [-0.05, 0) is 31.4 Å². The second kappa shape index (κ2) is 8.35. The fourth-order valence-corrected chi connectivity index (χ4v) is 3.04. The van der Waals surface area contributed by atoms with Crippen molar-refractivity contribution in [3.63, 3.8) is 0 Å². The Morgan fingerprint density at radius 1 is 1.29 bits per heavy atom. The van der Waals surface area contributed by atoms with Crippen molar-refractivity contribution in [3.8, 4) is 5.75 Å². The number of para-hydroxylation sites is 1. The Balaban J connectivity index is 0.00000208. The molecule has 0 spiro atoms. The molecule has 132 valence electrons. The van der Waals surface area contributed by atoms with Gasteiger partial charge in [0.1, 0.15) is 12.4 Å². The van der Waals surface area contributed by atoms with Crippen molar-refractivity contribution in [2.45, 2.75) is 25.4 Å². The Morgan fingerprint density at radius 2 is 2.08 bits per heavy atom. The Kier molecular flexibility index (Phi) is 6.45. The first-order chi connectivity index (χ1) is 11.1. The molecular weight excluding hydrogens is 334 g/mol. The van der Waals surface area contributed by atoms with E-state index in [-0.39, 0.29) is 31.0 Å². The molecule has 2 heterocycles. The van der Waals surface area contributed by atoms with Crippen LogP contribution < -0.4 is 4.74 Å². The van der Waals surface area contributed by atoms with Gasteiger partial charge in [-0.2, -0.15) is 0 Å². The Bertz CT molecular complexity index is 588. The third kappa shape index (κ3) is 4.19. The summed E-state index contributed by atoms with van der Waals surface area (Å²) in [4.78, 5) is 25.3. The smallest absolute Gasteiger partial charge is 0.308 e. The van der Waals surface area contributed by atoms with Gasteiger partial charge < -0.3 is 19.5 Å². The molecule has 0 aromatic heterocycles. The molecule has 2 unspecified atom stereocenters. The maximum Gasteiger partial charge on any atom is 0.308 e. The van der Waals surface area contributed by atoms with E-state index in [1.54, 1.807) is 23.1 Å². The van der Waals surface area contributed by atoms with E-state index in [2.05, 4.69) is 0 Å². The van der Waals surface area contributed by atoms with Gasteiger partial charge in [-0.15, -0.1) is 12.4 Å². The van der Waals surface area contributed by atoms with E-state index in [0.29, 0.717) is 30.9 Å². The summed E-state index contributed by atoms with van der Waals surface area (Å²) >= 11 is 0. The number of hydrogen-bond acceptors (Lipinski definition) is 4. The molecule has 3 rings (SSSR count). The van der Waals surface area contributed by atoms with Crippen LogP contribution in [0, 0.1) is 5.92 Å². The topological polar surface area (TPSA) is 76.1 Å². The number of ether oxygens (including phenoxy) is 2. The van der Waals surface area contributed by atoms with Gasteiger partial charge in [-0.25, -0.2) is 0 Å². The number of benzene rings is 1. The van der Waals surface area contributed by atoms with E-state index in [0.717, 1.165) is 19.4 Å². The summed E-state index contributed by atoms with van der Waals surface area (Å²) < 4.78 is 11.3. The van der Waals surface area contributed by atoms with Crippen molar-refractivity contribution in [1.29, 1.82) is 0 Å². The van der Waals surface area contributed by atoms with E-state index >= 15 is 0 Å². The number of rotatable bonds is 5. The summed E-state index contributed by atoms with van der Waals surface area (Å²) in [5, 5.41) is 9.07. The summed E-state index contributed by atoms with van der Waals surface area (Å²) in [6, 6.07) is 7.11. The van der Waals surface area contributed by atoms with Gasteiger partial charge >= 0.3 is 5.97 Å². The maximum absolute atomic E-state index is 12.7. The van der Waals surface area contributed by atoms with Crippen LogP contribution in [-0.2, 0) is 9.53 Å². The molecule has 1 N–H and O–H groups in total. The van der Waals surface area contributed by atoms with Crippen LogP contribution in [0.3, 0.4) is 0 Å². The highest BCUT2D eigenvalue weighted by molar-refractivity contribution is 5.97. The minimum Gasteiger partial charge on any atom is -0.490 e. The predicted molar refractivity (Wildman–Crippen MR) is 89.8 cm³/mol. The van der Waals surface area contributed by atoms with E-state index in [4.69, 9.17) is 14.6 Å². The number of hydrogen-bond donors (Lipinski definition) is 1. The number of carbonyl (C=O) groups is 2. The average molecular weight is 356 g/mol. The van der Waals surface area contributed by atoms with Gasteiger partial charge in [0.15, 0.2) is 0 Å². The van der Waals surface area contributed by atoms with Crippen LogP contribution in [0.25, 0.3) is 0 Å². The van der Waals surface area contributed by atoms with Gasteiger partial charge in [0.05, 0.1) is 17.6 Å². The molecule has 6 nitrogen and oxygen atoms in total. The normalized spacial score (nSPS) is 22.9. The number of carboxylic acids is 1. The maximum atomic E-state index is 12.7. The van der Waals surface area contributed by atoms with Gasteiger partial charge in [-0.1, -0.05) is 12.1 Å². The molecule has 0 aliphatic carbocycles. The first-order valence-corrected chi connectivity index (χ1v) is 8.00. The lowest BCUT2D eigenvalue weighted by Crippen LogP contribution is -2.30. The van der Waals surface area contributed by atoms with E-state index < -0.39 is 11.9 Å². The molecule has 1 aromatic rings. The van der Waals surface area contributed by atoms with Crippen LogP contribution in [0.1, 0.15) is 29.6 Å². The second-order valence-corrected chi connectivity index (χ2v) is 6.02. The zero-order valence-corrected chi connectivity index (χ0v) is 14.2. The zero-order chi connectivity index (χ0) is 16.2. The van der Waals surface area contributed by atoms with Crippen molar-refractivity contribution >= 4 is 24.3 Å². The fourth-order valence-electron chi connectivity index (χ4n) is 3.04. The van der Waals surface area contributed by atoms with Crippen LogP contribution in [-0.4, -0.2) is 54.3 Å². The second-order valence-electron chi connectivity index (χ2n) is 6.02. The number of nitrogens with zero attached hydrogens (tertiary/aromatic N) is 1. The molecule has 2 saturated heterocycles. The Morgan fingerprint density at radius 3 is 2.75 bits per heavy atom. The van der Waals surface area contributed by atoms with Crippen LogP contribution >= 0.6 is 12.4 Å². The molecule has 2 aliphatic rings. The largest absolute Gasteiger partial charge is 0.490 e. The lowest BCUT2D eigenvalue weighted by molar-refractivity contribution is -0.141. The van der Waals surface area contributed by atoms with Crippen LogP contribution in [0.5, 0.6) is 5.75 Å². The van der Waals surface area contributed by atoms with Gasteiger partial charge in [0.25, 0.3) is 5.91 Å². The highest BCUT2D eigenvalue weighted by Gasteiger charge is 2.32. The third-order valence-electron chi connectivity index (χ3n) is 4.39. The van der Waals surface area contributed by atoms with Crippen molar-refractivity contribution in [2.24, 2.45) is 5.92 Å². The molecule has 0 radical (unpaired) electrons. The summed E-state index contributed by atoms with van der Waals surface area (Å²) in [5.41, 5.74) is 0.483. The number of carboxylic acid groups (broad SMARTS) is 1. The number of halogens is 1. The number of carbonyl (C=O) groups excluding carboxylic acids is 1. The molecule has 1 amide bonds. The highest BCUT2D eigenvalue weighted by atomic mass is 35.5. The van der Waals surface area contributed by atoms with Crippen molar-refractivity contribution in [1.82, 2.24) is 4.90 Å². The van der Waals surface area contributed by atoms with Crippen molar-refractivity contribution < 1.29 is 24.2 Å². The first-order valence-electron chi connectivity index (χ1n) is 8.00. The van der Waals surface area contributed by atoms with Crippen molar-refractivity contribution in [2.75, 3.05) is 26.3 Å². The lowest BCUT2D eigenvalue weighted by Gasteiger charge is -2.19. The molecule has 24 heavy (non-hydrogen) atoms. The number of amides is 1. The molecule has 1 aromatic carbocycles. The molecule has 0 bridgehead atoms. The van der Waals surface area contributed by atoms with Crippen molar-refractivity contribution in [3.05, 3.63) is 29.8 Å². The molecule has 0 saturated carbocycles. The van der Waals surface area contributed by atoms with E-state index in [1.807, 2.05) is 6.07 Å². The van der Waals surface area contributed by atoms with E-state index in [1.165, 1.54) is 0 Å². The SMILES string of the molecule is Cl.O=C(O)C1CCN(C(=O)c2ccccc2OCC2CCCO2)C1. The minimum absolute atomic E-state index is 0. The van der Waals surface area contributed by atoms with Crippen LogP contribution in [0.4, 0.5) is 0 Å². The van der Waals surface area contributed by atoms with Gasteiger partial charge in [0.2, 0.25) is 0 Å². The lowest BCUT2D eigenvalue weighted by atomic mass is 10.1. The summed E-state index contributed by atoms with van der Waals surface area (Å²) in [6.07, 6.45) is 2.60. The highest BCUT2D eigenvalue weighted by Crippen LogP contribution is 2.25.